The van der Waals surface area contributed by atoms with Gasteiger partial charge in [-0.2, -0.15) is 0 Å². The first kappa shape index (κ1) is 16.5. The monoisotopic (exact) mass is 341 g/mol. The van der Waals surface area contributed by atoms with Gasteiger partial charge in [0.25, 0.3) is 5.56 Å². The molecular weight excluding hydrogens is 322 g/mol. The molecule has 24 heavy (non-hydrogen) atoms. The lowest BCUT2D eigenvalue weighted by molar-refractivity contribution is 0.0995. The number of Topliss-reactive ketones (excluding diaryl/α,β-unsaturated/α-hetero) is 1. The van der Waals surface area contributed by atoms with Gasteiger partial charge in [0, 0.05) is 34.4 Å². The van der Waals surface area contributed by atoms with E-state index >= 15 is 0 Å². The molecule has 1 atom stereocenters. The van der Waals surface area contributed by atoms with Gasteiger partial charge in [-0.15, -0.1) is 0 Å². The van der Waals surface area contributed by atoms with E-state index in [-0.39, 0.29) is 16.6 Å². The van der Waals surface area contributed by atoms with Crippen molar-refractivity contribution < 1.29 is 4.79 Å². The van der Waals surface area contributed by atoms with Crippen molar-refractivity contribution in [3.05, 3.63) is 58.1 Å². The van der Waals surface area contributed by atoms with Crippen LogP contribution in [0, 0.1) is 0 Å². The summed E-state index contributed by atoms with van der Waals surface area (Å²) in [6, 6.07) is 9.23. The van der Waals surface area contributed by atoms with Crippen molar-refractivity contribution in [2.45, 2.75) is 37.1 Å². The number of carbonyl (C=O) groups excluding carboxylic acids is 1. The molecule has 2 heterocycles. The predicted molar refractivity (Wildman–Crippen MR) is 96.8 cm³/mol. The number of carbonyl (C=O) groups is 1. The number of thioether (sulfide) groups is 1. The highest BCUT2D eigenvalue weighted by Gasteiger charge is 2.20. The van der Waals surface area contributed by atoms with Crippen LogP contribution in [0.2, 0.25) is 0 Å². The Morgan fingerprint density at radius 1 is 1.33 bits per heavy atom. The zero-order valence-corrected chi connectivity index (χ0v) is 14.4. The maximum atomic E-state index is 12.8. The van der Waals surface area contributed by atoms with Gasteiger partial charge in [0.1, 0.15) is 0 Å². The third kappa shape index (κ3) is 3.43. The average molecular weight is 341 g/mol. The molecule has 3 rings (SSSR count). The topological polar surface area (TPSA) is 78.6 Å². The number of aryl methyl sites for hydroxylation is 1. The van der Waals surface area contributed by atoms with Crippen LogP contribution in [0.15, 0.2) is 46.5 Å². The molecule has 0 fully saturated rings. The summed E-state index contributed by atoms with van der Waals surface area (Å²) in [6.45, 7) is 3.88. The molecule has 0 amide bonds. The highest BCUT2D eigenvalue weighted by molar-refractivity contribution is 8.00. The maximum Gasteiger partial charge on any atom is 0.251 e. The van der Waals surface area contributed by atoms with Gasteiger partial charge < -0.3 is 9.97 Å². The molecule has 0 spiro atoms. The molecule has 1 aromatic carbocycles. The number of hydrogen-bond donors (Lipinski definition) is 2. The predicted octanol–water partition coefficient (Wildman–Crippen LogP) is 3.57. The van der Waals surface area contributed by atoms with Crippen LogP contribution in [0.3, 0.4) is 0 Å². The average Bonchev–Trinajstić information content (AvgIpc) is 2.98. The largest absolute Gasteiger partial charge is 0.360 e. The van der Waals surface area contributed by atoms with Gasteiger partial charge in [-0.25, -0.2) is 4.98 Å². The minimum Gasteiger partial charge on any atom is -0.360 e. The van der Waals surface area contributed by atoms with E-state index in [1.807, 2.05) is 38.1 Å². The summed E-state index contributed by atoms with van der Waals surface area (Å²) in [5, 5.41) is 1.06. The maximum absolute atomic E-state index is 12.8. The van der Waals surface area contributed by atoms with Crippen LogP contribution in [0.4, 0.5) is 0 Å². The normalized spacial score (nSPS) is 12.4. The lowest BCUT2D eigenvalue weighted by Crippen LogP contribution is -2.16. The molecular formula is C18H19N3O2S. The number of benzene rings is 1. The third-order valence-electron chi connectivity index (χ3n) is 3.79. The Morgan fingerprint density at radius 3 is 2.92 bits per heavy atom. The summed E-state index contributed by atoms with van der Waals surface area (Å²) >= 11 is 1.28. The summed E-state index contributed by atoms with van der Waals surface area (Å²) in [5.74, 6) is 0.0148. The first-order valence-electron chi connectivity index (χ1n) is 7.95. The molecule has 5 nitrogen and oxygen atoms in total. The summed E-state index contributed by atoms with van der Waals surface area (Å²) in [4.78, 5) is 34.8. The van der Waals surface area contributed by atoms with Crippen LogP contribution in [-0.2, 0) is 6.42 Å². The fourth-order valence-corrected chi connectivity index (χ4v) is 3.54. The number of para-hydroxylation sites is 1. The van der Waals surface area contributed by atoms with E-state index in [4.69, 9.17) is 0 Å². The zero-order valence-electron chi connectivity index (χ0n) is 13.6. The van der Waals surface area contributed by atoms with Crippen LogP contribution in [0.5, 0.6) is 0 Å². The Morgan fingerprint density at radius 2 is 2.12 bits per heavy atom. The first-order chi connectivity index (χ1) is 11.6. The lowest BCUT2D eigenvalue weighted by atomic mass is 10.1. The number of ketones is 1. The van der Waals surface area contributed by atoms with Crippen molar-refractivity contribution in [1.29, 1.82) is 0 Å². The minimum atomic E-state index is -0.343. The molecule has 6 heteroatoms. The molecule has 0 unspecified atom stereocenters. The van der Waals surface area contributed by atoms with Gasteiger partial charge in [-0.05, 0) is 19.4 Å². The van der Waals surface area contributed by atoms with Crippen LogP contribution >= 0.6 is 11.8 Å². The number of nitrogens with zero attached hydrogens (tertiary/aromatic N) is 1. The Balaban J connectivity index is 1.83. The van der Waals surface area contributed by atoms with E-state index < -0.39 is 0 Å². The van der Waals surface area contributed by atoms with Crippen molar-refractivity contribution in [1.82, 2.24) is 15.0 Å². The minimum absolute atomic E-state index is 0.0148. The van der Waals surface area contributed by atoms with Crippen molar-refractivity contribution in [3.8, 4) is 0 Å². The Hall–Kier alpha value is -2.34. The zero-order chi connectivity index (χ0) is 17.1. The Labute approximate surface area is 143 Å². The summed E-state index contributed by atoms with van der Waals surface area (Å²) in [6.07, 6.45) is 3.42. The van der Waals surface area contributed by atoms with Crippen molar-refractivity contribution in [2.75, 3.05) is 0 Å². The fraction of sp³-hybridized carbons (Fsp3) is 0.278. The van der Waals surface area contributed by atoms with E-state index in [1.165, 1.54) is 17.8 Å². The fourth-order valence-electron chi connectivity index (χ4n) is 2.64. The third-order valence-corrected chi connectivity index (χ3v) is 4.78. The second-order valence-corrected chi connectivity index (χ2v) is 6.99. The molecule has 2 aromatic heterocycles. The molecule has 0 aliphatic rings. The number of fused-ring (bicyclic) bond motifs is 1. The molecule has 0 aliphatic heterocycles. The highest BCUT2D eigenvalue weighted by atomic mass is 32.2. The SMILES string of the molecule is CCCc1cc(=O)[nH]c(S[C@@H](C)C(=O)c2c[nH]c3ccccc23)n1. The van der Waals surface area contributed by atoms with Gasteiger partial charge >= 0.3 is 0 Å². The number of aromatic nitrogens is 3. The highest BCUT2D eigenvalue weighted by Crippen LogP contribution is 2.26. The van der Waals surface area contributed by atoms with E-state index in [9.17, 15) is 9.59 Å². The number of nitrogens with one attached hydrogen (secondary N) is 2. The number of H-pyrrole nitrogens is 2. The molecule has 0 saturated heterocycles. The summed E-state index contributed by atoms with van der Waals surface area (Å²) < 4.78 is 0. The van der Waals surface area contributed by atoms with Crippen molar-refractivity contribution in [3.63, 3.8) is 0 Å². The van der Waals surface area contributed by atoms with Gasteiger partial charge in [-0.1, -0.05) is 43.3 Å². The molecule has 124 valence electrons. The van der Waals surface area contributed by atoms with E-state index in [0.717, 1.165) is 29.4 Å². The van der Waals surface area contributed by atoms with Gasteiger partial charge in [-0.3, -0.25) is 9.59 Å². The van der Waals surface area contributed by atoms with E-state index in [0.29, 0.717) is 10.7 Å². The van der Waals surface area contributed by atoms with E-state index in [1.54, 1.807) is 6.20 Å². The van der Waals surface area contributed by atoms with E-state index in [2.05, 4.69) is 15.0 Å². The molecule has 3 aromatic rings. The Kier molecular flexibility index (Phi) is 4.85. The molecule has 2 N–H and O–H groups in total. The van der Waals surface area contributed by atoms with Gasteiger partial charge in [0.2, 0.25) is 0 Å². The number of aromatic amines is 2. The quantitative estimate of drug-likeness (QED) is 0.408. The van der Waals surface area contributed by atoms with Gasteiger partial charge in [0.05, 0.1) is 5.25 Å². The van der Waals surface area contributed by atoms with Crippen LogP contribution in [0.25, 0.3) is 10.9 Å². The molecule has 0 radical (unpaired) electrons. The summed E-state index contributed by atoms with van der Waals surface area (Å²) in [7, 11) is 0. The van der Waals surface area contributed by atoms with Crippen molar-refractivity contribution in [2.24, 2.45) is 0 Å². The summed E-state index contributed by atoms with van der Waals surface area (Å²) in [5.41, 5.74) is 2.19. The molecule has 0 bridgehead atoms. The smallest absolute Gasteiger partial charge is 0.251 e. The van der Waals surface area contributed by atoms with Crippen LogP contribution < -0.4 is 5.56 Å². The van der Waals surface area contributed by atoms with Gasteiger partial charge in [0.15, 0.2) is 10.9 Å². The Bertz CT molecular complexity index is 929. The number of rotatable bonds is 6. The second kappa shape index (κ2) is 7.05. The first-order valence-corrected chi connectivity index (χ1v) is 8.83. The molecule has 0 saturated carbocycles. The van der Waals surface area contributed by atoms with Crippen LogP contribution in [-0.4, -0.2) is 26.0 Å². The lowest BCUT2D eigenvalue weighted by Gasteiger charge is -2.09. The standard InChI is InChI=1S/C18H19N3O2S/c1-3-6-12-9-16(22)21-18(20-12)24-11(2)17(23)14-10-19-15-8-5-4-7-13(14)15/h4-5,7-11,19H,3,6H2,1-2H3,(H,20,21,22)/t11-/m0/s1. The van der Waals surface area contributed by atoms with Crippen LogP contribution in [0.1, 0.15) is 36.3 Å². The second-order valence-electron chi connectivity index (χ2n) is 5.66. The number of hydrogen-bond acceptors (Lipinski definition) is 4. The van der Waals surface area contributed by atoms with Crippen molar-refractivity contribution >= 4 is 28.4 Å². The molecule has 0 aliphatic carbocycles.